The molecule has 0 saturated carbocycles. The lowest BCUT2D eigenvalue weighted by Gasteiger charge is -2.16. The molecule has 21 heavy (non-hydrogen) atoms. The van der Waals surface area contributed by atoms with Gasteiger partial charge in [0, 0.05) is 31.2 Å². The standard InChI is InChI=1S/C15H21N5O/c1-3-6-17-14-10-16-8-5-13(14)15(21)19-12(2)11-20-9-4-7-18-20/h4-5,7-10,12,17H,3,6,11H2,1-2H3,(H,19,21). The quantitative estimate of drug-likeness (QED) is 0.816. The van der Waals surface area contributed by atoms with Gasteiger partial charge in [-0.2, -0.15) is 5.10 Å². The van der Waals surface area contributed by atoms with Crippen LogP contribution < -0.4 is 10.6 Å². The van der Waals surface area contributed by atoms with Crippen molar-refractivity contribution in [3.8, 4) is 0 Å². The first-order chi connectivity index (χ1) is 10.2. The summed E-state index contributed by atoms with van der Waals surface area (Å²) in [6.45, 7) is 5.49. The van der Waals surface area contributed by atoms with Crippen LogP contribution in [0, 0.1) is 0 Å². The minimum atomic E-state index is -0.101. The maximum absolute atomic E-state index is 12.4. The van der Waals surface area contributed by atoms with Gasteiger partial charge in [-0.1, -0.05) is 6.92 Å². The van der Waals surface area contributed by atoms with E-state index in [2.05, 4.69) is 27.6 Å². The van der Waals surface area contributed by atoms with Gasteiger partial charge in [0.15, 0.2) is 0 Å². The van der Waals surface area contributed by atoms with E-state index in [9.17, 15) is 4.79 Å². The molecule has 6 nitrogen and oxygen atoms in total. The molecule has 0 spiro atoms. The lowest BCUT2D eigenvalue weighted by Crippen LogP contribution is -2.36. The van der Waals surface area contributed by atoms with Crippen molar-refractivity contribution < 1.29 is 4.79 Å². The Labute approximate surface area is 124 Å². The number of anilines is 1. The van der Waals surface area contributed by atoms with Crippen LogP contribution in [0.1, 0.15) is 30.6 Å². The van der Waals surface area contributed by atoms with E-state index in [1.54, 1.807) is 29.3 Å². The van der Waals surface area contributed by atoms with Crippen molar-refractivity contribution in [3.63, 3.8) is 0 Å². The minimum absolute atomic E-state index is 0.00964. The monoisotopic (exact) mass is 287 g/mol. The molecule has 0 fully saturated rings. The Morgan fingerprint density at radius 1 is 1.43 bits per heavy atom. The number of nitrogens with zero attached hydrogens (tertiary/aromatic N) is 3. The maximum atomic E-state index is 12.4. The van der Waals surface area contributed by atoms with Crippen LogP contribution in [0.2, 0.25) is 0 Å². The van der Waals surface area contributed by atoms with Crippen LogP contribution in [0.4, 0.5) is 5.69 Å². The van der Waals surface area contributed by atoms with E-state index >= 15 is 0 Å². The maximum Gasteiger partial charge on any atom is 0.253 e. The van der Waals surface area contributed by atoms with Crippen molar-refractivity contribution in [3.05, 3.63) is 42.5 Å². The molecule has 0 saturated heterocycles. The Bertz CT molecular complexity index is 567. The van der Waals surface area contributed by atoms with Gasteiger partial charge < -0.3 is 10.6 Å². The fraction of sp³-hybridized carbons (Fsp3) is 0.400. The van der Waals surface area contributed by atoms with Gasteiger partial charge in [-0.3, -0.25) is 14.5 Å². The number of rotatable bonds is 7. The highest BCUT2D eigenvalue weighted by Gasteiger charge is 2.14. The molecule has 0 radical (unpaired) electrons. The highest BCUT2D eigenvalue weighted by Crippen LogP contribution is 2.13. The van der Waals surface area contributed by atoms with Gasteiger partial charge in [0.1, 0.15) is 0 Å². The Kier molecular flexibility index (Phi) is 5.31. The molecule has 2 aromatic heterocycles. The smallest absolute Gasteiger partial charge is 0.253 e. The molecule has 1 amide bonds. The third kappa shape index (κ3) is 4.30. The molecule has 6 heteroatoms. The van der Waals surface area contributed by atoms with Gasteiger partial charge in [-0.05, 0) is 25.5 Å². The number of hydrogen-bond acceptors (Lipinski definition) is 4. The van der Waals surface area contributed by atoms with Crippen LogP contribution in [-0.2, 0) is 6.54 Å². The number of aromatic nitrogens is 3. The summed E-state index contributed by atoms with van der Waals surface area (Å²) in [5.74, 6) is -0.101. The van der Waals surface area contributed by atoms with Crippen LogP contribution in [0.15, 0.2) is 36.9 Å². The Balaban J connectivity index is 1.99. The fourth-order valence-electron chi connectivity index (χ4n) is 2.03. The molecular weight excluding hydrogens is 266 g/mol. The molecule has 0 aliphatic heterocycles. The molecule has 1 atom stereocenters. The third-order valence-corrected chi connectivity index (χ3v) is 3.03. The summed E-state index contributed by atoms with van der Waals surface area (Å²) in [5, 5.41) is 10.3. The number of nitrogens with one attached hydrogen (secondary N) is 2. The number of carbonyl (C=O) groups is 1. The largest absolute Gasteiger partial charge is 0.383 e. The lowest BCUT2D eigenvalue weighted by atomic mass is 10.2. The van der Waals surface area contributed by atoms with Crippen LogP contribution >= 0.6 is 0 Å². The zero-order chi connectivity index (χ0) is 15.1. The number of hydrogen-bond donors (Lipinski definition) is 2. The second kappa shape index (κ2) is 7.42. The van der Waals surface area contributed by atoms with E-state index in [-0.39, 0.29) is 11.9 Å². The van der Waals surface area contributed by atoms with E-state index in [0.717, 1.165) is 18.7 Å². The number of pyridine rings is 1. The van der Waals surface area contributed by atoms with E-state index in [1.165, 1.54) is 0 Å². The molecule has 0 bridgehead atoms. The zero-order valence-corrected chi connectivity index (χ0v) is 12.4. The van der Waals surface area contributed by atoms with Crippen molar-refractivity contribution in [2.75, 3.05) is 11.9 Å². The van der Waals surface area contributed by atoms with Crippen LogP contribution in [-0.4, -0.2) is 33.3 Å². The van der Waals surface area contributed by atoms with Crippen LogP contribution in [0.25, 0.3) is 0 Å². The summed E-state index contributed by atoms with van der Waals surface area (Å²) >= 11 is 0. The van der Waals surface area contributed by atoms with E-state index in [0.29, 0.717) is 12.1 Å². The van der Waals surface area contributed by atoms with Crippen LogP contribution in [0.5, 0.6) is 0 Å². The van der Waals surface area contributed by atoms with Crippen molar-refractivity contribution in [1.29, 1.82) is 0 Å². The highest BCUT2D eigenvalue weighted by atomic mass is 16.1. The number of carbonyl (C=O) groups excluding carboxylic acids is 1. The summed E-state index contributed by atoms with van der Waals surface area (Å²) in [6.07, 6.45) is 7.91. The Morgan fingerprint density at radius 3 is 3.00 bits per heavy atom. The van der Waals surface area contributed by atoms with Gasteiger partial charge in [0.25, 0.3) is 5.91 Å². The van der Waals surface area contributed by atoms with Crippen molar-refractivity contribution in [1.82, 2.24) is 20.1 Å². The van der Waals surface area contributed by atoms with Gasteiger partial charge in [-0.25, -0.2) is 0 Å². The van der Waals surface area contributed by atoms with Crippen molar-refractivity contribution >= 4 is 11.6 Å². The minimum Gasteiger partial charge on any atom is -0.383 e. The van der Waals surface area contributed by atoms with Gasteiger partial charge in [0.05, 0.1) is 24.0 Å². The second-order valence-corrected chi connectivity index (χ2v) is 4.95. The summed E-state index contributed by atoms with van der Waals surface area (Å²) in [5.41, 5.74) is 1.38. The molecule has 0 aliphatic rings. The predicted octanol–water partition coefficient (Wildman–Crippen LogP) is 1.92. The van der Waals surface area contributed by atoms with Crippen molar-refractivity contribution in [2.45, 2.75) is 32.9 Å². The molecular formula is C15H21N5O. The summed E-state index contributed by atoms with van der Waals surface area (Å²) in [7, 11) is 0. The third-order valence-electron chi connectivity index (χ3n) is 3.03. The molecule has 2 rings (SSSR count). The molecule has 2 heterocycles. The van der Waals surface area contributed by atoms with Crippen molar-refractivity contribution in [2.24, 2.45) is 0 Å². The van der Waals surface area contributed by atoms with Gasteiger partial charge in [0.2, 0.25) is 0 Å². The number of amides is 1. The molecule has 112 valence electrons. The molecule has 2 N–H and O–H groups in total. The topological polar surface area (TPSA) is 71.8 Å². The molecule has 0 aromatic carbocycles. The fourth-order valence-corrected chi connectivity index (χ4v) is 2.03. The Morgan fingerprint density at radius 2 is 2.29 bits per heavy atom. The van der Waals surface area contributed by atoms with E-state index in [4.69, 9.17) is 0 Å². The van der Waals surface area contributed by atoms with E-state index < -0.39 is 0 Å². The van der Waals surface area contributed by atoms with Crippen LogP contribution in [0.3, 0.4) is 0 Å². The molecule has 0 aliphatic carbocycles. The lowest BCUT2D eigenvalue weighted by molar-refractivity contribution is 0.0936. The predicted molar refractivity (Wildman–Crippen MR) is 82.2 cm³/mol. The first kappa shape index (κ1) is 15.0. The molecule has 1 unspecified atom stereocenters. The SMILES string of the molecule is CCCNc1cnccc1C(=O)NC(C)Cn1cccn1. The zero-order valence-electron chi connectivity index (χ0n) is 12.4. The van der Waals surface area contributed by atoms with E-state index in [1.807, 2.05) is 19.2 Å². The first-order valence-corrected chi connectivity index (χ1v) is 7.17. The first-order valence-electron chi connectivity index (χ1n) is 7.17. The average Bonchev–Trinajstić information content (AvgIpc) is 2.98. The average molecular weight is 287 g/mol. The van der Waals surface area contributed by atoms with Gasteiger partial charge >= 0.3 is 0 Å². The Hall–Kier alpha value is -2.37. The van der Waals surface area contributed by atoms with Gasteiger partial charge in [-0.15, -0.1) is 0 Å². The normalized spacial score (nSPS) is 11.9. The molecule has 2 aromatic rings. The summed E-state index contributed by atoms with van der Waals surface area (Å²) in [4.78, 5) is 16.4. The summed E-state index contributed by atoms with van der Waals surface area (Å²) in [6, 6.07) is 3.59. The highest BCUT2D eigenvalue weighted by molar-refractivity contribution is 5.99. The second-order valence-electron chi connectivity index (χ2n) is 4.95. The summed E-state index contributed by atoms with van der Waals surface area (Å²) < 4.78 is 1.80.